The third-order valence-corrected chi connectivity index (χ3v) is 28.0. The number of hydroxylamine groups is 2. The molecule has 0 aromatic heterocycles. The van der Waals surface area contributed by atoms with Crippen LogP contribution in [-0.4, -0.2) is 203 Å². The molecule has 10 fully saturated rings. The number of nitrogens with zero attached hydrogens (tertiary/aromatic N) is 10. The zero-order valence-corrected chi connectivity index (χ0v) is 78.9. The fraction of sp³-hybridized carbons (Fsp3) is 0.644. The average Bonchev–Trinajstić information content (AvgIpc) is 1.64. The Balaban J connectivity index is 0.000000163. The fourth-order valence-corrected chi connectivity index (χ4v) is 20.5. The lowest BCUT2D eigenvalue weighted by molar-refractivity contribution is -0.273. The lowest BCUT2D eigenvalue weighted by Crippen LogP contribution is -2.72. The number of hydrogen-bond acceptors (Lipinski definition) is 12. The smallest absolute Gasteiger partial charge is 0.416 e. The lowest BCUT2D eigenvalue weighted by atomic mass is 9.73. The number of likely N-dealkylation sites (tertiary alicyclic amines) is 5. The minimum absolute atomic E-state index is 0. The molecule has 10 heterocycles. The summed E-state index contributed by atoms with van der Waals surface area (Å²) < 4.78 is 240. The van der Waals surface area contributed by atoms with Crippen molar-refractivity contribution in [3.8, 4) is 5.75 Å². The van der Waals surface area contributed by atoms with Crippen molar-refractivity contribution >= 4 is 22.7 Å². The van der Waals surface area contributed by atoms with E-state index in [0.29, 0.717) is 86.8 Å². The van der Waals surface area contributed by atoms with Gasteiger partial charge in [-0.25, -0.2) is 0 Å². The highest BCUT2D eigenvalue weighted by Gasteiger charge is 2.55. The van der Waals surface area contributed by atoms with Gasteiger partial charge >= 0.3 is 37.1 Å². The van der Waals surface area contributed by atoms with Crippen LogP contribution >= 0.6 is 0 Å². The number of aryl methyl sites for hydroxylation is 6. The van der Waals surface area contributed by atoms with E-state index in [1.54, 1.807) is 42.5 Å². The molecule has 4 spiro atoms. The van der Waals surface area contributed by atoms with E-state index in [9.17, 15) is 79.0 Å². The Bertz CT molecular complexity index is 4640. The molecule has 12 nitrogen and oxygen atoms in total. The molecule has 16 rings (SSSR count). The predicted molar refractivity (Wildman–Crippen MR) is 488 cm³/mol. The number of hydrogen-bond donors (Lipinski definition) is 0. The van der Waals surface area contributed by atoms with Crippen LogP contribution in [0.4, 0.5) is 102 Å². The van der Waals surface area contributed by atoms with E-state index in [1.165, 1.54) is 77.9 Å². The van der Waals surface area contributed by atoms with Crippen LogP contribution in [0.3, 0.4) is 0 Å². The highest BCUT2D eigenvalue weighted by atomic mass is 19.4. The monoisotopic (exact) mass is 1870 g/mol. The minimum atomic E-state index is -4.33. The molecule has 3 unspecified atom stereocenters. The molecule has 3 atom stereocenters. The second kappa shape index (κ2) is 41.8. The Morgan fingerprint density at radius 1 is 0.328 bits per heavy atom. The standard InChI is InChI=1S/C19H27F3N2.2C17H23F3N2.C16H21F3N2O.C16H22F3N.C15H20F3NO.CH4/c1-14(2)11-23-8-6-18(12-23)7-9-24(13-18)16-5-4-15(3)17(10-16)19(20,21)22;1-12(2)22-10-16(11-22)6-7-21(9-16)14-5-4-13(3)15(8-14)17(18,19)20;1-12(2)21-7-6-16(9-21)10-22(11-16)14-5-4-13(3)15(8-14)17(18,19)20;1-11(2)22-21-9-15(10-21)7-20(8-15)13-5-4-12(3)14(6-13)16(17,18)19;1-11(2)20-7-6-14(10-20)8-13-5-4-12(3)15(9-13)16(17,18)19;1-10(2)19-7-6-13(9-19)20-12-5-4-11(3)14(8-12)15(16,17)18;/h4-5,10,14H,6-9,11-13H2,1-3H3;2*4-5,8,12H,6-7,9-11H2,1-3H3;4-6,11H,7-10H2,1-3H3;4-5,9,11,14H,6-8,10H2,1-3H3;4-5,8,10,13H,6-7,9H2,1-3H3;1H4. The first-order valence-corrected chi connectivity index (χ1v) is 46.1. The van der Waals surface area contributed by atoms with Gasteiger partial charge in [0.15, 0.2) is 0 Å². The number of benzene rings is 6. The minimum Gasteiger partial charge on any atom is -0.489 e. The van der Waals surface area contributed by atoms with Gasteiger partial charge < -0.3 is 39.0 Å². The van der Waals surface area contributed by atoms with Gasteiger partial charge in [-0.1, -0.05) is 63.7 Å². The summed E-state index contributed by atoms with van der Waals surface area (Å²) in [6.45, 7) is 54.7. The number of anilines is 4. The van der Waals surface area contributed by atoms with E-state index in [0.717, 1.165) is 194 Å². The number of halogens is 18. The Kier molecular flexibility index (Phi) is 33.7. The Morgan fingerprint density at radius 3 is 1.08 bits per heavy atom. The molecule has 0 N–H and O–H groups in total. The Hall–Kier alpha value is -7.22. The number of alkyl halides is 18. The predicted octanol–water partition coefficient (Wildman–Crippen LogP) is 24.7. The zero-order chi connectivity index (χ0) is 95.7. The molecule has 6 aromatic carbocycles. The Labute approximate surface area is 765 Å². The summed E-state index contributed by atoms with van der Waals surface area (Å²) >= 11 is 0. The first kappa shape index (κ1) is 106. The molecule has 10 saturated heterocycles. The van der Waals surface area contributed by atoms with Gasteiger partial charge in [0.1, 0.15) is 11.9 Å². The average molecular weight is 1870 g/mol. The molecule has 732 valence electrons. The van der Waals surface area contributed by atoms with Gasteiger partial charge in [-0.15, -0.1) is 0 Å². The topological polar surface area (TPSA) is 50.9 Å². The summed E-state index contributed by atoms with van der Waals surface area (Å²) in [6.07, 6.45) is -18.4. The largest absolute Gasteiger partial charge is 0.489 e. The van der Waals surface area contributed by atoms with Crippen molar-refractivity contribution in [1.82, 2.24) is 29.6 Å². The van der Waals surface area contributed by atoms with Crippen molar-refractivity contribution in [3.05, 3.63) is 182 Å². The van der Waals surface area contributed by atoms with Crippen LogP contribution in [0.25, 0.3) is 0 Å². The molecule has 0 saturated carbocycles. The zero-order valence-electron chi connectivity index (χ0n) is 78.9. The molecule has 0 aliphatic carbocycles. The number of rotatable bonds is 16. The van der Waals surface area contributed by atoms with Gasteiger partial charge in [0.05, 0.1) is 39.5 Å². The summed E-state index contributed by atoms with van der Waals surface area (Å²) in [5.41, 5.74) is 3.11. The van der Waals surface area contributed by atoms with Gasteiger partial charge in [-0.3, -0.25) is 14.6 Å². The van der Waals surface area contributed by atoms with Gasteiger partial charge in [0.2, 0.25) is 0 Å². The van der Waals surface area contributed by atoms with Gasteiger partial charge in [0.25, 0.3) is 0 Å². The quantitative estimate of drug-likeness (QED) is 0.0868. The SMILES string of the molecule is C.Cc1ccc(CC2CCN(C(C)C)C2)cc1C(F)(F)F.Cc1ccc(N2CC3(CCN(C(C)C)C3)C2)cc1C(F)(F)F.Cc1ccc(N2CC3(CN(OC(C)C)C3)C2)cc1C(F)(F)F.Cc1ccc(N2CCC3(C2)CN(C(C)C)C3)cc1C(F)(F)F.Cc1ccc(N2CCC3(CCN(CC(C)C)C3)C2)cc1C(F)(F)F.Cc1ccc(OC2CCN(C(C)C)C2)cc1C(F)(F)F. The van der Waals surface area contributed by atoms with E-state index in [2.05, 4.69) is 108 Å². The highest BCUT2D eigenvalue weighted by Crippen LogP contribution is 2.50. The van der Waals surface area contributed by atoms with Crippen molar-refractivity contribution in [3.63, 3.8) is 0 Å². The van der Waals surface area contributed by atoms with Crippen molar-refractivity contribution in [2.45, 2.75) is 250 Å². The first-order chi connectivity index (χ1) is 60.3. The fourth-order valence-electron chi connectivity index (χ4n) is 20.5. The van der Waals surface area contributed by atoms with Gasteiger partial charge in [-0.2, -0.15) is 84.1 Å². The highest BCUT2D eigenvalue weighted by molar-refractivity contribution is 5.58. The van der Waals surface area contributed by atoms with Crippen LogP contribution in [0.2, 0.25) is 0 Å². The van der Waals surface area contributed by atoms with Crippen molar-refractivity contribution < 1.29 is 88.6 Å². The molecule has 30 heteroatoms. The molecule has 10 aliphatic rings. The molecular weight excluding hydrogens is 1730 g/mol. The molecule has 0 bridgehead atoms. The summed E-state index contributed by atoms with van der Waals surface area (Å²) in [5, 5.41) is 1.94. The molecule has 10 aliphatic heterocycles. The van der Waals surface area contributed by atoms with Crippen LogP contribution in [0, 0.1) is 75.0 Å². The van der Waals surface area contributed by atoms with E-state index in [1.807, 2.05) is 48.1 Å². The third kappa shape index (κ3) is 27.2. The van der Waals surface area contributed by atoms with Crippen LogP contribution in [0.15, 0.2) is 109 Å². The summed E-state index contributed by atoms with van der Waals surface area (Å²) in [4.78, 5) is 26.0. The van der Waals surface area contributed by atoms with E-state index in [-0.39, 0.29) is 52.4 Å². The van der Waals surface area contributed by atoms with Crippen LogP contribution in [0.1, 0.15) is 201 Å². The molecule has 0 amide bonds. The van der Waals surface area contributed by atoms with E-state index in [4.69, 9.17) is 9.57 Å². The van der Waals surface area contributed by atoms with Crippen molar-refractivity contribution in [1.29, 1.82) is 0 Å². The molecular formula is C101H140F18N10O2. The van der Waals surface area contributed by atoms with Gasteiger partial charge in [0, 0.05) is 186 Å². The molecule has 0 radical (unpaired) electrons. The third-order valence-electron chi connectivity index (χ3n) is 28.0. The van der Waals surface area contributed by atoms with Crippen molar-refractivity contribution in [2.75, 3.05) is 157 Å². The maximum atomic E-state index is 13.2. The summed E-state index contributed by atoms with van der Waals surface area (Å²) in [5.74, 6) is 1.43. The summed E-state index contributed by atoms with van der Waals surface area (Å²) in [7, 11) is 0. The lowest BCUT2D eigenvalue weighted by Gasteiger charge is -2.60. The second-order valence-electron chi connectivity index (χ2n) is 40.9. The van der Waals surface area contributed by atoms with E-state index >= 15 is 0 Å². The van der Waals surface area contributed by atoms with Crippen molar-refractivity contribution in [2.24, 2.45) is 33.5 Å². The van der Waals surface area contributed by atoms with Gasteiger partial charge in [-0.05, 0) is 293 Å². The maximum Gasteiger partial charge on any atom is 0.416 e. The number of ether oxygens (including phenoxy) is 1. The first-order valence-electron chi connectivity index (χ1n) is 46.1. The summed E-state index contributed by atoms with van der Waals surface area (Å²) in [6, 6.07) is 29.8. The maximum absolute atomic E-state index is 13.2. The van der Waals surface area contributed by atoms with Crippen LogP contribution in [-0.2, 0) is 48.3 Å². The van der Waals surface area contributed by atoms with Crippen LogP contribution < -0.4 is 24.3 Å². The second-order valence-corrected chi connectivity index (χ2v) is 40.9. The Morgan fingerprint density at radius 2 is 0.672 bits per heavy atom. The molecule has 6 aromatic rings. The normalized spacial score (nSPS) is 21.8. The van der Waals surface area contributed by atoms with Crippen LogP contribution in [0.5, 0.6) is 5.75 Å². The van der Waals surface area contributed by atoms with E-state index < -0.39 is 70.4 Å². The molecule has 131 heavy (non-hydrogen) atoms.